The van der Waals surface area contributed by atoms with Crippen LogP contribution in [0.5, 0.6) is 17.2 Å². The van der Waals surface area contributed by atoms with Gasteiger partial charge < -0.3 is 30.0 Å². The van der Waals surface area contributed by atoms with Crippen molar-refractivity contribution in [3.8, 4) is 17.2 Å². The second-order valence-corrected chi connectivity index (χ2v) is 12.4. The van der Waals surface area contributed by atoms with Crippen molar-refractivity contribution in [2.45, 2.75) is 44.9 Å². The van der Waals surface area contributed by atoms with Gasteiger partial charge >= 0.3 is 0 Å². The van der Waals surface area contributed by atoms with E-state index in [4.69, 9.17) is 14.2 Å². The van der Waals surface area contributed by atoms with E-state index in [-0.39, 0.29) is 17.9 Å². The van der Waals surface area contributed by atoms with E-state index in [0.717, 1.165) is 17.5 Å². The van der Waals surface area contributed by atoms with Crippen LogP contribution in [-0.2, 0) is 23.0 Å². The molecule has 0 aromatic heterocycles. The summed E-state index contributed by atoms with van der Waals surface area (Å²) < 4.78 is 43.4. The number of methoxy groups -OCH3 is 2. The van der Waals surface area contributed by atoms with E-state index in [2.05, 4.69) is 10.6 Å². The molecule has 4 rings (SSSR count). The topological polar surface area (TPSA) is 126 Å². The highest BCUT2D eigenvalue weighted by Crippen LogP contribution is 2.29. The fourth-order valence-corrected chi connectivity index (χ4v) is 6.69. The van der Waals surface area contributed by atoms with Crippen LogP contribution in [-0.4, -0.2) is 71.2 Å². The van der Waals surface area contributed by atoms with E-state index in [1.54, 1.807) is 38.5 Å². The number of anilines is 1. The number of carbonyl (C=O) groups excluding carboxylic acids is 1. The van der Waals surface area contributed by atoms with Crippen molar-refractivity contribution in [1.29, 1.82) is 0 Å². The molecule has 232 valence electrons. The lowest BCUT2D eigenvalue weighted by atomic mass is 10.00. The lowest BCUT2D eigenvalue weighted by Gasteiger charge is -2.29. The van der Waals surface area contributed by atoms with Gasteiger partial charge in [0.05, 0.1) is 44.4 Å². The number of sulfonamides is 1. The summed E-state index contributed by atoms with van der Waals surface area (Å²) >= 11 is 0. The van der Waals surface area contributed by atoms with Crippen molar-refractivity contribution in [2.75, 3.05) is 44.0 Å². The second-order valence-electron chi connectivity index (χ2n) is 10.4. The molecule has 1 amide bonds. The molecule has 3 aromatic carbocycles. The SMILES string of the molecule is CCOc1cc(C(=O)N[C@@H](Cc2ccccc2)[C@H](O)CNCc2cc(OC)cc(OC)c2)cc(N2CCCCS2(=O)=O)c1. The molecule has 11 heteroatoms. The number of hydrogen-bond acceptors (Lipinski definition) is 8. The van der Waals surface area contributed by atoms with E-state index in [1.165, 1.54) is 4.31 Å². The van der Waals surface area contributed by atoms with Crippen molar-refractivity contribution < 1.29 is 32.5 Å². The summed E-state index contributed by atoms with van der Waals surface area (Å²) in [6.45, 7) is 3.18. The predicted octanol–water partition coefficient (Wildman–Crippen LogP) is 3.52. The summed E-state index contributed by atoms with van der Waals surface area (Å²) in [5.41, 5.74) is 2.52. The minimum absolute atomic E-state index is 0.0638. The molecular formula is C32H41N3O7S. The van der Waals surface area contributed by atoms with Crippen LogP contribution in [0.3, 0.4) is 0 Å². The molecule has 3 N–H and O–H groups in total. The maximum atomic E-state index is 13.6. The van der Waals surface area contributed by atoms with E-state index in [1.807, 2.05) is 49.4 Å². The number of nitrogens with one attached hydrogen (secondary N) is 2. The number of aliphatic hydroxyl groups is 1. The molecule has 10 nitrogen and oxygen atoms in total. The average Bonchev–Trinajstić information content (AvgIpc) is 3.00. The first-order chi connectivity index (χ1) is 20.7. The summed E-state index contributed by atoms with van der Waals surface area (Å²) in [6, 6.07) is 19.3. The molecule has 0 bridgehead atoms. The average molecular weight is 612 g/mol. The zero-order valence-electron chi connectivity index (χ0n) is 24.9. The van der Waals surface area contributed by atoms with Crippen molar-refractivity contribution in [3.63, 3.8) is 0 Å². The van der Waals surface area contributed by atoms with Crippen LogP contribution in [0.4, 0.5) is 5.69 Å². The fraction of sp³-hybridized carbons (Fsp3) is 0.406. The Morgan fingerprint density at radius 2 is 1.67 bits per heavy atom. The smallest absolute Gasteiger partial charge is 0.251 e. The van der Waals surface area contributed by atoms with Gasteiger partial charge in [0.2, 0.25) is 10.0 Å². The Balaban J connectivity index is 1.53. The molecule has 1 heterocycles. The van der Waals surface area contributed by atoms with Crippen LogP contribution < -0.4 is 29.1 Å². The van der Waals surface area contributed by atoms with E-state index < -0.39 is 28.1 Å². The highest BCUT2D eigenvalue weighted by Gasteiger charge is 2.28. The largest absolute Gasteiger partial charge is 0.497 e. The standard InChI is InChI=1S/C32H41N3O7S/c1-4-42-29-18-25(17-26(19-29)35-12-8-9-13-43(35,38)39)32(37)34-30(16-23-10-6-5-7-11-23)31(36)22-33-21-24-14-27(40-2)20-28(15-24)41-3/h5-7,10-11,14-15,17-20,30-31,33,36H,4,8-9,12-13,16,21-22H2,1-3H3,(H,34,37)/t30-,31+/m0/s1. The fourth-order valence-electron chi connectivity index (χ4n) is 5.07. The molecule has 1 aliphatic heterocycles. The Morgan fingerprint density at radius 1 is 0.953 bits per heavy atom. The lowest BCUT2D eigenvalue weighted by Crippen LogP contribution is -2.48. The second kappa shape index (κ2) is 15.1. The van der Waals surface area contributed by atoms with Gasteiger partial charge in [0.15, 0.2) is 0 Å². The summed E-state index contributed by atoms with van der Waals surface area (Å²) in [7, 11) is -0.311. The van der Waals surface area contributed by atoms with Crippen molar-refractivity contribution in [1.82, 2.24) is 10.6 Å². The highest BCUT2D eigenvalue weighted by molar-refractivity contribution is 7.92. The molecule has 0 radical (unpaired) electrons. The van der Waals surface area contributed by atoms with Gasteiger partial charge in [-0.25, -0.2) is 8.42 Å². The third-order valence-corrected chi connectivity index (χ3v) is 9.14. The Bertz CT molecular complexity index is 1440. The number of benzene rings is 3. The zero-order chi connectivity index (χ0) is 30.8. The maximum Gasteiger partial charge on any atom is 0.251 e. The summed E-state index contributed by atoms with van der Waals surface area (Å²) in [5, 5.41) is 17.5. The van der Waals surface area contributed by atoms with Gasteiger partial charge in [-0.05, 0) is 61.6 Å². The monoisotopic (exact) mass is 611 g/mol. The van der Waals surface area contributed by atoms with Crippen LogP contribution in [0.15, 0.2) is 66.7 Å². The molecule has 1 saturated heterocycles. The molecule has 2 atom stereocenters. The highest BCUT2D eigenvalue weighted by atomic mass is 32.2. The van der Waals surface area contributed by atoms with Crippen LogP contribution >= 0.6 is 0 Å². The number of hydrogen-bond donors (Lipinski definition) is 3. The summed E-state index contributed by atoms with van der Waals surface area (Å²) in [6.07, 6.45) is 0.797. The number of ether oxygens (including phenoxy) is 3. The van der Waals surface area contributed by atoms with Crippen LogP contribution in [0.2, 0.25) is 0 Å². The third-order valence-electron chi connectivity index (χ3n) is 7.27. The van der Waals surface area contributed by atoms with Crippen LogP contribution in [0.1, 0.15) is 41.3 Å². The number of amides is 1. The predicted molar refractivity (Wildman–Crippen MR) is 167 cm³/mol. The quantitative estimate of drug-likeness (QED) is 0.253. The van der Waals surface area contributed by atoms with E-state index >= 15 is 0 Å². The van der Waals surface area contributed by atoms with Crippen LogP contribution in [0.25, 0.3) is 0 Å². The normalized spacial score (nSPS) is 15.8. The Kier molecular flexibility index (Phi) is 11.3. The van der Waals surface area contributed by atoms with Gasteiger partial charge in [0, 0.05) is 37.3 Å². The van der Waals surface area contributed by atoms with Crippen molar-refractivity contribution in [2.24, 2.45) is 0 Å². The molecule has 0 spiro atoms. The molecule has 1 fully saturated rings. The molecule has 1 aliphatic rings. The summed E-state index contributed by atoms with van der Waals surface area (Å²) in [4.78, 5) is 13.6. The first-order valence-corrected chi connectivity index (χ1v) is 16.1. The van der Waals surface area contributed by atoms with Gasteiger partial charge in [-0.2, -0.15) is 0 Å². The number of rotatable bonds is 14. The minimum Gasteiger partial charge on any atom is -0.497 e. The molecular weight excluding hydrogens is 570 g/mol. The Hall–Kier alpha value is -3.80. The van der Waals surface area contributed by atoms with Crippen molar-refractivity contribution in [3.05, 3.63) is 83.4 Å². The van der Waals surface area contributed by atoms with Crippen molar-refractivity contribution >= 4 is 21.6 Å². The zero-order valence-corrected chi connectivity index (χ0v) is 25.7. The maximum absolute atomic E-state index is 13.6. The number of aliphatic hydroxyl groups excluding tert-OH is 1. The van der Waals surface area contributed by atoms with Gasteiger partial charge in [-0.1, -0.05) is 30.3 Å². The van der Waals surface area contributed by atoms with Crippen LogP contribution in [0, 0.1) is 0 Å². The van der Waals surface area contributed by atoms with Gasteiger partial charge in [-0.3, -0.25) is 9.10 Å². The third kappa shape index (κ3) is 8.85. The van der Waals surface area contributed by atoms with Gasteiger partial charge in [0.1, 0.15) is 17.2 Å². The summed E-state index contributed by atoms with van der Waals surface area (Å²) in [5.74, 6) is 1.36. The number of carbonyl (C=O) groups is 1. The molecule has 3 aromatic rings. The van der Waals surface area contributed by atoms with E-state index in [9.17, 15) is 18.3 Å². The Labute approximate surface area is 254 Å². The first-order valence-electron chi connectivity index (χ1n) is 14.5. The molecule has 43 heavy (non-hydrogen) atoms. The Morgan fingerprint density at radius 3 is 2.33 bits per heavy atom. The van der Waals surface area contributed by atoms with Gasteiger partial charge in [-0.15, -0.1) is 0 Å². The van der Waals surface area contributed by atoms with E-state index in [0.29, 0.717) is 55.5 Å². The van der Waals surface area contributed by atoms with Gasteiger partial charge in [0.25, 0.3) is 5.91 Å². The number of nitrogens with zero attached hydrogens (tertiary/aromatic N) is 1. The minimum atomic E-state index is -3.49. The molecule has 0 saturated carbocycles. The first kappa shape index (κ1) is 32.1. The molecule has 0 aliphatic carbocycles. The molecule has 0 unspecified atom stereocenters. The lowest BCUT2D eigenvalue weighted by molar-refractivity contribution is 0.0829.